The molecule has 6 aromatic rings. The zero-order valence-corrected chi connectivity index (χ0v) is 30.3. The van der Waals surface area contributed by atoms with Crippen LogP contribution in [0.5, 0.6) is 23.0 Å². The van der Waals surface area contributed by atoms with Gasteiger partial charge in [-0.25, -0.2) is 9.13 Å². The molecule has 2 aliphatic rings. The van der Waals surface area contributed by atoms with E-state index < -0.39 is 15.0 Å². The van der Waals surface area contributed by atoms with Gasteiger partial charge in [-0.3, -0.25) is 0 Å². The minimum atomic E-state index is -3.35. The van der Waals surface area contributed by atoms with Gasteiger partial charge in [0.05, 0.1) is 24.8 Å². The van der Waals surface area contributed by atoms with Crippen molar-refractivity contribution in [1.82, 2.24) is 0 Å². The molecule has 6 aromatic carbocycles. The first-order valence-electron chi connectivity index (χ1n) is 16.5. The lowest BCUT2D eigenvalue weighted by atomic mass is 10.1. The number of fused-ring (bicyclic) bond motifs is 2. The average Bonchev–Trinajstić information content (AvgIpc) is 3.18. The lowest BCUT2D eigenvalue weighted by Gasteiger charge is -2.28. The predicted octanol–water partition coefficient (Wildman–Crippen LogP) is 11.8. The highest BCUT2D eigenvalue weighted by molar-refractivity contribution is 7.72. The number of anilines is 2. The van der Waals surface area contributed by atoms with Gasteiger partial charge >= 0.3 is 15.0 Å². The second-order valence-corrected chi connectivity index (χ2v) is 15.8. The van der Waals surface area contributed by atoms with E-state index >= 15 is 0 Å². The van der Waals surface area contributed by atoms with Gasteiger partial charge < -0.3 is 28.7 Å². The van der Waals surface area contributed by atoms with Gasteiger partial charge in [0.25, 0.3) is 0 Å². The van der Waals surface area contributed by atoms with Gasteiger partial charge in [0.15, 0.2) is 0 Å². The standard InChI is InChI=1S/2C21H18NO3P/c2*1-24-18-13-11-16(12-14-18)21-15-17-7-5-6-10-20(17)22-26(21,23)25-19-8-3-2-4-9-19/h2*2-15H,1H3,(H,22,23)/t2*26-/m10/s1. The number of ether oxygens (including phenoxy) is 2. The summed E-state index contributed by atoms with van der Waals surface area (Å²) in [6.07, 6.45) is 3.86. The summed E-state index contributed by atoms with van der Waals surface area (Å²) < 4.78 is 50.0. The lowest BCUT2D eigenvalue weighted by Crippen LogP contribution is -2.10. The van der Waals surface area contributed by atoms with E-state index in [0.29, 0.717) is 22.1 Å². The summed E-state index contributed by atoms with van der Waals surface area (Å²) in [5, 5.41) is 7.52. The van der Waals surface area contributed by atoms with Gasteiger partial charge in [0.1, 0.15) is 23.0 Å². The number of para-hydroxylation sites is 4. The maximum Gasteiger partial charge on any atom is 0.372 e. The zero-order valence-electron chi connectivity index (χ0n) is 28.5. The highest BCUT2D eigenvalue weighted by atomic mass is 31.2. The quantitative estimate of drug-likeness (QED) is 0.150. The van der Waals surface area contributed by atoms with E-state index in [9.17, 15) is 9.13 Å². The minimum absolute atomic E-state index is 0.558. The van der Waals surface area contributed by atoms with Gasteiger partial charge in [-0.2, -0.15) is 0 Å². The minimum Gasteiger partial charge on any atom is -0.497 e. The Morgan fingerprint density at radius 1 is 0.404 bits per heavy atom. The molecule has 2 atom stereocenters. The molecule has 0 fully saturated rings. The first-order valence-corrected chi connectivity index (χ1v) is 19.8. The molecule has 2 N–H and O–H groups in total. The summed E-state index contributed by atoms with van der Waals surface area (Å²) in [5.74, 6) is 2.61. The number of hydrogen-bond donors (Lipinski definition) is 2. The fourth-order valence-corrected chi connectivity index (χ4v) is 9.79. The highest BCUT2D eigenvalue weighted by Crippen LogP contribution is 2.63. The van der Waals surface area contributed by atoms with E-state index in [2.05, 4.69) is 10.2 Å². The fourth-order valence-electron chi connectivity index (χ4n) is 5.79. The van der Waals surface area contributed by atoms with Crippen molar-refractivity contribution >= 4 is 49.2 Å². The number of hydrogen-bond acceptors (Lipinski definition) is 6. The van der Waals surface area contributed by atoms with Crippen molar-refractivity contribution in [2.75, 3.05) is 24.4 Å². The average molecular weight is 727 g/mol. The van der Waals surface area contributed by atoms with E-state index in [4.69, 9.17) is 18.5 Å². The Hall–Kier alpha value is -5.94. The molecule has 8 nitrogen and oxygen atoms in total. The largest absolute Gasteiger partial charge is 0.497 e. The lowest BCUT2D eigenvalue weighted by molar-refractivity contribution is 0.414. The van der Waals surface area contributed by atoms with Crippen LogP contribution in [0.4, 0.5) is 11.4 Å². The van der Waals surface area contributed by atoms with E-state index in [-0.39, 0.29) is 0 Å². The molecule has 0 bridgehead atoms. The maximum absolute atomic E-state index is 13.8. The molecule has 52 heavy (non-hydrogen) atoms. The van der Waals surface area contributed by atoms with Crippen LogP contribution < -0.4 is 28.7 Å². The summed E-state index contributed by atoms with van der Waals surface area (Å²) in [4.78, 5) is 0. The number of benzene rings is 6. The third-order valence-corrected chi connectivity index (χ3v) is 12.5. The second kappa shape index (κ2) is 15.1. The van der Waals surface area contributed by atoms with Gasteiger partial charge in [-0.1, -0.05) is 97.1 Å². The molecule has 0 unspecified atom stereocenters. The van der Waals surface area contributed by atoms with Crippen LogP contribution in [0, 0.1) is 0 Å². The summed E-state index contributed by atoms with van der Waals surface area (Å²) in [5.41, 5.74) is 5.19. The summed E-state index contributed by atoms with van der Waals surface area (Å²) in [6.45, 7) is 0. The van der Waals surface area contributed by atoms with Crippen LogP contribution in [0.25, 0.3) is 22.8 Å². The molecule has 0 saturated carbocycles. The van der Waals surface area contributed by atoms with Crippen LogP contribution in [0.2, 0.25) is 0 Å². The van der Waals surface area contributed by atoms with Gasteiger partial charge in [-0.05, 0) is 95.1 Å². The zero-order chi connectivity index (χ0) is 36.0. The molecule has 8 rings (SSSR count). The van der Waals surface area contributed by atoms with Crippen molar-refractivity contribution in [3.63, 3.8) is 0 Å². The van der Waals surface area contributed by atoms with Crippen LogP contribution in [0.15, 0.2) is 158 Å². The molecular weight excluding hydrogens is 690 g/mol. The maximum atomic E-state index is 13.8. The van der Waals surface area contributed by atoms with E-state index in [1.807, 2.05) is 146 Å². The molecule has 260 valence electrons. The molecule has 0 radical (unpaired) electrons. The molecular formula is C42H36N2O6P2. The van der Waals surface area contributed by atoms with Crippen LogP contribution >= 0.6 is 15.0 Å². The molecule has 0 aromatic heterocycles. The van der Waals surface area contributed by atoms with Crippen LogP contribution in [-0.2, 0) is 9.13 Å². The van der Waals surface area contributed by atoms with E-state index in [1.54, 1.807) is 38.5 Å². The predicted molar refractivity (Wildman–Crippen MR) is 211 cm³/mol. The van der Waals surface area contributed by atoms with Crippen LogP contribution in [-0.4, -0.2) is 14.2 Å². The summed E-state index contributed by atoms with van der Waals surface area (Å²) in [6, 6.07) is 48.9. The molecule has 0 saturated heterocycles. The van der Waals surface area contributed by atoms with Gasteiger partial charge in [0, 0.05) is 11.4 Å². The Morgan fingerprint density at radius 3 is 1.12 bits per heavy atom. The number of rotatable bonds is 8. The van der Waals surface area contributed by atoms with Gasteiger partial charge in [-0.15, -0.1) is 0 Å². The first kappa shape index (κ1) is 34.5. The van der Waals surface area contributed by atoms with Crippen molar-refractivity contribution < 1.29 is 27.7 Å². The second-order valence-electron chi connectivity index (χ2n) is 11.8. The van der Waals surface area contributed by atoms with Crippen molar-refractivity contribution in [3.8, 4) is 23.0 Å². The Morgan fingerprint density at radius 2 is 0.750 bits per heavy atom. The molecule has 2 aliphatic heterocycles. The first-order chi connectivity index (χ1) is 25.4. The third kappa shape index (κ3) is 7.54. The van der Waals surface area contributed by atoms with E-state index in [0.717, 1.165) is 45.1 Å². The topological polar surface area (TPSA) is 95.1 Å². The molecule has 2 heterocycles. The Bertz CT molecular complexity index is 2160. The summed E-state index contributed by atoms with van der Waals surface area (Å²) in [7, 11) is -3.46. The Kier molecular flexibility index (Phi) is 10.0. The van der Waals surface area contributed by atoms with Crippen molar-refractivity contribution in [3.05, 3.63) is 180 Å². The number of nitrogens with one attached hydrogen (secondary N) is 2. The molecule has 10 heteroatoms. The number of methoxy groups -OCH3 is 2. The van der Waals surface area contributed by atoms with Crippen LogP contribution in [0.1, 0.15) is 22.3 Å². The Labute approximate surface area is 303 Å². The third-order valence-electron chi connectivity index (χ3n) is 8.40. The van der Waals surface area contributed by atoms with Crippen molar-refractivity contribution in [2.45, 2.75) is 0 Å². The van der Waals surface area contributed by atoms with Crippen LogP contribution in [0.3, 0.4) is 0 Å². The fraction of sp³-hybridized carbons (Fsp3) is 0.0476. The smallest absolute Gasteiger partial charge is 0.372 e. The molecule has 0 amide bonds. The van der Waals surface area contributed by atoms with Crippen molar-refractivity contribution in [2.24, 2.45) is 0 Å². The molecule has 0 aliphatic carbocycles. The molecule has 0 spiro atoms. The SMILES string of the molecule is COc1ccc(C2=Cc3ccccc3N[P@@]2(=O)Oc2ccccc2)cc1.COc1ccc(C2=Cc3ccccc3N[P@]2(=O)Oc2ccccc2)cc1. The highest BCUT2D eigenvalue weighted by Gasteiger charge is 2.37. The van der Waals surface area contributed by atoms with Crippen molar-refractivity contribution in [1.29, 1.82) is 0 Å². The Balaban J connectivity index is 0.000000162. The monoisotopic (exact) mass is 726 g/mol. The van der Waals surface area contributed by atoms with E-state index in [1.165, 1.54) is 0 Å². The summed E-state index contributed by atoms with van der Waals surface area (Å²) >= 11 is 0. The van der Waals surface area contributed by atoms with Gasteiger partial charge in [0.2, 0.25) is 0 Å². The normalized spacial score (nSPS) is 18.3.